The van der Waals surface area contributed by atoms with Crippen LogP contribution in [0.2, 0.25) is 0 Å². The summed E-state index contributed by atoms with van der Waals surface area (Å²) in [7, 11) is -1.34. The molecule has 0 aliphatic rings. The third-order valence-electron chi connectivity index (χ3n) is 3.84. The summed E-state index contributed by atoms with van der Waals surface area (Å²) in [4.78, 5) is 0. The fourth-order valence-corrected chi connectivity index (χ4v) is 2.92. The minimum absolute atomic E-state index is 0.149. The van der Waals surface area contributed by atoms with Gasteiger partial charge < -0.3 is 5.32 Å². The van der Waals surface area contributed by atoms with E-state index in [1.165, 1.54) is 6.26 Å². The number of aromatic nitrogens is 2. The molecule has 0 radical (unpaired) electrons. The number of sulfone groups is 1. The second-order valence-electron chi connectivity index (χ2n) is 5.51. The normalized spacial score (nSPS) is 14.6. The Kier molecular flexibility index (Phi) is 4.79. The maximum absolute atomic E-state index is 11.9. The summed E-state index contributed by atoms with van der Waals surface area (Å²) in [5.74, 6) is 0. The highest BCUT2D eigenvalue weighted by Crippen LogP contribution is 2.23. The molecule has 1 rings (SSSR count). The van der Waals surface area contributed by atoms with Gasteiger partial charge in [0.15, 0.2) is 9.84 Å². The van der Waals surface area contributed by atoms with Gasteiger partial charge in [0.1, 0.15) is 0 Å². The highest BCUT2D eigenvalue weighted by Gasteiger charge is 2.38. The zero-order valence-corrected chi connectivity index (χ0v) is 13.5. The van der Waals surface area contributed by atoms with Crippen molar-refractivity contribution in [1.82, 2.24) is 15.1 Å². The average molecular weight is 287 g/mol. The molecule has 0 fully saturated rings. The summed E-state index contributed by atoms with van der Waals surface area (Å²) < 4.78 is 25.0. The van der Waals surface area contributed by atoms with Crippen LogP contribution in [0.3, 0.4) is 0 Å². The second-order valence-corrected chi connectivity index (χ2v) is 8.11. The van der Waals surface area contributed by atoms with E-state index in [-0.39, 0.29) is 6.04 Å². The SMILES string of the molecule is CCn1nc(C)cc1CC(NC)C(C)(C)S(C)(=O)=O. The molecule has 0 aliphatic carbocycles. The second kappa shape index (κ2) is 5.63. The molecular formula is C13H25N3O2S. The Balaban J connectivity index is 3.06. The number of nitrogens with one attached hydrogen (secondary N) is 1. The number of likely N-dealkylation sites (N-methyl/N-ethyl adjacent to an activating group) is 1. The molecule has 1 atom stereocenters. The van der Waals surface area contributed by atoms with Crippen LogP contribution < -0.4 is 5.32 Å². The number of nitrogens with zero attached hydrogens (tertiary/aromatic N) is 2. The third kappa shape index (κ3) is 3.36. The van der Waals surface area contributed by atoms with Gasteiger partial charge in [-0.25, -0.2) is 8.42 Å². The average Bonchev–Trinajstić information content (AvgIpc) is 2.64. The minimum atomic E-state index is -3.14. The first-order valence-electron chi connectivity index (χ1n) is 6.53. The summed E-state index contributed by atoms with van der Waals surface area (Å²) in [5.41, 5.74) is 2.03. The van der Waals surface area contributed by atoms with Crippen molar-refractivity contribution >= 4 is 9.84 Å². The van der Waals surface area contributed by atoms with Crippen LogP contribution in [-0.2, 0) is 22.8 Å². The molecule has 1 heterocycles. The van der Waals surface area contributed by atoms with Crippen molar-refractivity contribution in [3.05, 3.63) is 17.5 Å². The van der Waals surface area contributed by atoms with Gasteiger partial charge in [-0.15, -0.1) is 0 Å². The highest BCUT2D eigenvalue weighted by molar-refractivity contribution is 7.92. The quantitative estimate of drug-likeness (QED) is 0.853. The molecule has 0 aromatic carbocycles. The first-order chi connectivity index (χ1) is 8.63. The third-order valence-corrected chi connectivity index (χ3v) is 6.04. The van der Waals surface area contributed by atoms with Crippen molar-refractivity contribution < 1.29 is 8.42 Å². The molecule has 1 N–H and O–H groups in total. The zero-order chi connectivity index (χ0) is 14.8. The smallest absolute Gasteiger partial charge is 0.154 e. The van der Waals surface area contributed by atoms with Crippen molar-refractivity contribution in [3.63, 3.8) is 0 Å². The molecular weight excluding hydrogens is 262 g/mol. The number of hydrogen-bond donors (Lipinski definition) is 1. The molecule has 0 amide bonds. The summed E-state index contributed by atoms with van der Waals surface area (Å²) in [6, 6.07) is 1.87. The fraction of sp³-hybridized carbons (Fsp3) is 0.769. The highest BCUT2D eigenvalue weighted by atomic mass is 32.2. The standard InChI is InChI=1S/C13H25N3O2S/c1-7-16-11(8-10(2)15-16)9-12(14-5)13(3,4)19(6,17)18/h8,12,14H,7,9H2,1-6H3. The molecule has 110 valence electrons. The van der Waals surface area contributed by atoms with Crippen LogP contribution in [0.4, 0.5) is 0 Å². The molecule has 0 saturated carbocycles. The molecule has 6 heteroatoms. The van der Waals surface area contributed by atoms with Crippen LogP contribution in [0.1, 0.15) is 32.2 Å². The lowest BCUT2D eigenvalue weighted by Gasteiger charge is -2.32. The van der Waals surface area contributed by atoms with Gasteiger partial charge in [0.05, 0.1) is 10.4 Å². The molecule has 1 aromatic heterocycles. The molecule has 0 aliphatic heterocycles. The fourth-order valence-electron chi connectivity index (χ4n) is 2.20. The predicted octanol–water partition coefficient (Wildman–Crippen LogP) is 1.17. The van der Waals surface area contributed by atoms with E-state index in [0.29, 0.717) is 6.42 Å². The van der Waals surface area contributed by atoms with E-state index >= 15 is 0 Å². The summed E-state index contributed by atoms with van der Waals surface area (Å²) in [6.07, 6.45) is 1.94. The summed E-state index contributed by atoms with van der Waals surface area (Å²) >= 11 is 0. The van der Waals surface area contributed by atoms with Crippen LogP contribution >= 0.6 is 0 Å². The Labute approximate surface area is 116 Å². The molecule has 19 heavy (non-hydrogen) atoms. The lowest BCUT2D eigenvalue weighted by Crippen LogP contribution is -2.51. The van der Waals surface area contributed by atoms with E-state index in [0.717, 1.165) is 17.9 Å². The topological polar surface area (TPSA) is 64.0 Å². The molecule has 0 saturated heterocycles. The number of aryl methyl sites for hydroxylation is 2. The minimum Gasteiger partial charge on any atom is -0.315 e. The lowest BCUT2D eigenvalue weighted by molar-refractivity contribution is 0.420. The van der Waals surface area contributed by atoms with Crippen LogP contribution in [0.25, 0.3) is 0 Å². The predicted molar refractivity (Wildman–Crippen MR) is 78.1 cm³/mol. The van der Waals surface area contributed by atoms with Gasteiger partial charge in [0, 0.05) is 31.0 Å². The van der Waals surface area contributed by atoms with Crippen LogP contribution in [0.5, 0.6) is 0 Å². The molecule has 0 bridgehead atoms. The van der Waals surface area contributed by atoms with Crippen LogP contribution in [0.15, 0.2) is 6.07 Å². The van der Waals surface area contributed by atoms with Crippen molar-refractivity contribution in [2.24, 2.45) is 0 Å². The molecule has 0 spiro atoms. The van der Waals surface area contributed by atoms with E-state index in [2.05, 4.69) is 10.4 Å². The van der Waals surface area contributed by atoms with Gasteiger partial charge in [-0.1, -0.05) is 0 Å². The van der Waals surface area contributed by atoms with Crippen LogP contribution in [-0.4, -0.2) is 42.3 Å². The summed E-state index contributed by atoms with van der Waals surface area (Å²) in [6.45, 7) is 8.31. The van der Waals surface area contributed by atoms with Gasteiger partial charge in [0.2, 0.25) is 0 Å². The molecule has 5 nitrogen and oxygen atoms in total. The molecule has 1 aromatic rings. The van der Waals surface area contributed by atoms with Crippen LogP contribution in [0, 0.1) is 6.92 Å². The van der Waals surface area contributed by atoms with E-state index in [1.54, 1.807) is 20.9 Å². The Morgan fingerprint density at radius 3 is 2.47 bits per heavy atom. The first-order valence-corrected chi connectivity index (χ1v) is 8.42. The zero-order valence-electron chi connectivity index (χ0n) is 12.7. The Hall–Kier alpha value is -0.880. The van der Waals surface area contributed by atoms with E-state index < -0.39 is 14.6 Å². The Morgan fingerprint density at radius 1 is 1.47 bits per heavy atom. The largest absolute Gasteiger partial charge is 0.315 e. The van der Waals surface area contributed by atoms with E-state index in [1.807, 2.05) is 24.6 Å². The van der Waals surface area contributed by atoms with Gasteiger partial charge >= 0.3 is 0 Å². The van der Waals surface area contributed by atoms with E-state index in [4.69, 9.17) is 0 Å². The first kappa shape index (κ1) is 16.2. The Morgan fingerprint density at radius 2 is 2.05 bits per heavy atom. The summed E-state index contributed by atoms with van der Waals surface area (Å²) in [5, 5.41) is 7.54. The lowest BCUT2D eigenvalue weighted by atomic mass is 9.98. The number of hydrogen-bond acceptors (Lipinski definition) is 4. The Bertz CT molecular complexity index is 532. The van der Waals surface area contributed by atoms with Crippen molar-refractivity contribution in [2.75, 3.05) is 13.3 Å². The van der Waals surface area contributed by atoms with Crippen molar-refractivity contribution in [3.8, 4) is 0 Å². The van der Waals surface area contributed by atoms with E-state index in [9.17, 15) is 8.42 Å². The van der Waals surface area contributed by atoms with Gasteiger partial charge in [-0.3, -0.25) is 4.68 Å². The maximum Gasteiger partial charge on any atom is 0.154 e. The molecule has 1 unspecified atom stereocenters. The maximum atomic E-state index is 11.9. The van der Waals surface area contributed by atoms with Crippen molar-refractivity contribution in [1.29, 1.82) is 0 Å². The number of rotatable bonds is 6. The van der Waals surface area contributed by atoms with Gasteiger partial charge in [-0.05, 0) is 40.8 Å². The van der Waals surface area contributed by atoms with Gasteiger partial charge in [-0.2, -0.15) is 5.10 Å². The monoisotopic (exact) mass is 287 g/mol. The van der Waals surface area contributed by atoms with Crippen molar-refractivity contribution in [2.45, 2.75) is 51.4 Å². The van der Waals surface area contributed by atoms with Gasteiger partial charge in [0.25, 0.3) is 0 Å².